The van der Waals surface area contributed by atoms with Gasteiger partial charge in [-0.3, -0.25) is 9.36 Å². The van der Waals surface area contributed by atoms with Crippen LogP contribution in [0.15, 0.2) is 65.6 Å². The Morgan fingerprint density at radius 3 is 2.30 bits per heavy atom. The highest BCUT2D eigenvalue weighted by Crippen LogP contribution is 2.36. The number of hydrogen-bond donors (Lipinski definition) is 3. The second-order valence-corrected chi connectivity index (χ2v) is 13.0. The molecule has 4 aromatic rings. The number of ether oxygens (including phenoxy) is 1. The molecular weight excluding hydrogens is 590 g/mol. The molecular formula is C38H49N5O4. The quantitative estimate of drug-likeness (QED) is 0.130. The van der Waals surface area contributed by atoms with Gasteiger partial charge in [-0.25, -0.2) is 9.78 Å². The average Bonchev–Trinajstić information content (AvgIpc) is 3.07. The molecule has 1 saturated heterocycles. The largest absolute Gasteiger partial charge is 0.494 e. The van der Waals surface area contributed by atoms with E-state index in [4.69, 9.17) is 4.74 Å². The molecule has 2 amide bonds. The maximum Gasteiger partial charge on any atom is 0.323 e. The molecule has 0 unspecified atom stereocenters. The molecule has 9 heteroatoms. The van der Waals surface area contributed by atoms with E-state index in [0.29, 0.717) is 35.4 Å². The zero-order valence-corrected chi connectivity index (χ0v) is 28.2. The van der Waals surface area contributed by atoms with Crippen LogP contribution in [-0.2, 0) is 6.54 Å². The zero-order chi connectivity index (χ0) is 33.3. The van der Waals surface area contributed by atoms with E-state index in [1.165, 1.54) is 23.8 Å². The fourth-order valence-electron chi connectivity index (χ4n) is 6.49. The van der Waals surface area contributed by atoms with Crippen LogP contribution in [0.1, 0.15) is 82.8 Å². The van der Waals surface area contributed by atoms with Crippen molar-refractivity contribution in [1.82, 2.24) is 14.5 Å². The lowest BCUT2D eigenvalue weighted by molar-refractivity contribution is 0.205. The van der Waals surface area contributed by atoms with Gasteiger partial charge in [-0.05, 0) is 91.6 Å². The number of nitrogens with one attached hydrogen (secondary N) is 2. The van der Waals surface area contributed by atoms with Gasteiger partial charge in [0.1, 0.15) is 17.1 Å². The number of anilines is 2. The topological polar surface area (TPSA) is 109 Å². The molecule has 47 heavy (non-hydrogen) atoms. The number of amides is 2. The molecule has 0 aliphatic carbocycles. The second-order valence-electron chi connectivity index (χ2n) is 13.0. The van der Waals surface area contributed by atoms with E-state index >= 15 is 0 Å². The third-order valence-electron chi connectivity index (χ3n) is 8.87. The number of aliphatic hydroxyl groups is 1. The zero-order valence-electron chi connectivity index (χ0n) is 28.2. The van der Waals surface area contributed by atoms with Crippen LogP contribution in [-0.4, -0.2) is 58.4 Å². The Morgan fingerprint density at radius 1 is 0.894 bits per heavy atom. The maximum atomic E-state index is 14.2. The van der Waals surface area contributed by atoms with Crippen LogP contribution in [0, 0.1) is 0 Å². The summed E-state index contributed by atoms with van der Waals surface area (Å²) < 4.78 is 7.73. The first-order valence-electron chi connectivity index (χ1n) is 17.1. The minimum absolute atomic E-state index is 0.0765. The molecule has 3 heterocycles. The van der Waals surface area contributed by atoms with Crippen molar-refractivity contribution in [2.24, 2.45) is 0 Å². The lowest BCUT2D eigenvalue weighted by Crippen LogP contribution is -2.31. The molecule has 0 atom stereocenters. The van der Waals surface area contributed by atoms with E-state index in [9.17, 15) is 14.7 Å². The number of para-hydroxylation sites is 1. The summed E-state index contributed by atoms with van der Waals surface area (Å²) in [5.74, 6) is 1.07. The summed E-state index contributed by atoms with van der Waals surface area (Å²) in [5.41, 5.74) is 4.39. The van der Waals surface area contributed by atoms with Crippen molar-refractivity contribution < 1.29 is 14.6 Å². The average molecular weight is 640 g/mol. The summed E-state index contributed by atoms with van der Waals surface area (Å²) in [5, 5.41) is 16.4. The number of piperidine rings is 1. The molecule has 1 aliphatic heterocycles. The first kappa shape index (κ1) is 34.1. The number of aromatic nitrogens is 2. The lowest BCUT2D eigenvalue weighted by atomic mass is 9.93. The van der Waals surface area contributed by atoms with Crippen molar-refractivity contribution in [3.05, 3.63) is 82.3 Å². The van der Waals surface area contributed by atoms with Gasteiger partial charge in [0.05, 0.1) is 6.61 Å². The molecule has 1 fully saturated rings. The van der Waals surface area contributed by atoms with E-state index in [1.54, 1.807) is 6.20 Å². The minimum Gasteiger partial charge on any atom is -0.494 e. The van der Waals surface area contributed by atoms with Gasteiger partial charge in [0.2, 0.25) is 0 Å². The molecule has 2 aromatic heterocycles. The highest BCUT2D eigenvalue weighted by Gasteiger charge is 2.23. The summed E-state index contributed by atoms with van der Waals surface area (Å²) in [4.78, 5) is 35.2. The number of carbonyl (C=O) groups is 1. The molecule has 1 aliphatic rings. The number of pyridine rings is 2. The SMILES string of the molecule is CC(C)c1cccc(C(C)C)c1NC(=O)Nc1c(-c2cccc(OCCCN3CCCCC3)c2)c2cccnc2n(CCCO)c1=O. The Hall–Kier alpha value is -4.21. The van der Waals surface area contributed by atoms with Crippen LogP contribution in [0.5, 0.6) is 5.75 Å². The van der Waals surface area contributed by atoms with Gasteiger partial charge < -0.3 is 25.4 Å². The van der Waals surface area contributed by atoms with Crippen LogP contribution < -0.4 is 20.9 Å². The van der Waals surface area contributed by atoms with Crippen molar-refractivity contribution in [2.75, 3.05) is 43.5 Å². The Balaban J connectivity index is 1.51. The predicted octanol–water partition coefficient (Wildman–Crippen LogP) is 7.59. The number of benzene rings is 2. The van der Waals surface area contributed by atoms with Gasteiger partial charge in [-0.1, -0.05) is 64.4 Å². The first-order chi connectivity index (χ1) is 22.8. The van der Waals surface area contributed by atoms with Crippen LogP contribution in [0.25, 0.3) is 22.2 Å². The van der Waals surface area contributed by atoms with Gasteiger partial charge in [0.15, 0.2) is 0 Å². The number of fused-ring (bicyclic) bond motifs is 1. The van der Waals surface area contributed by atoms with Gasteiger partial charge in [0, 0.05) is 42.5 Å². The van der Waals surface area contributed by atoms with Crippen LogP contribution in [0.2, 0.25) is 0 Å². The Kier molecular flexibility index (Phi) is 11.7. The molecule has 5 rings (SSSR count). The third-order valence-corrected chi connectivity index (χ3v) is 8.87. The minimum atomic E-state index is -0.500. The Morgan fingerprint density at radius 2 is 1.60 bits per heavy atom. The highest BCUT2D eigenvalue weighted by molar-refractivity contribution is 6.07. The normalized spacial score (nSPS) is 13.8. The van der Waals surface area contributed by atoms with Crippen LogP contribution >= 0.6 is 0 Å². The summed E-state index contributed by atoms with van der Waals surface area (Å²) in [6.07, 6.45) is 6.81. The summed E-state index contributed by atoms with van der Waals surface area (Å²) >= 11 is 0. The second kappa shape index (κ2) is 16.1. The molecule has 250 valence electrons. The van der Waals surface area contributed by atoms with Gasteiger partial charge in [-0.2, -0.15) is 0 Å². The Bertz CT molecular complexity index is 1700. The monoisotopic (exact) mass is 639 g/mol. The summed E-state index contributed by atoms with van der Waals surface area (Å²) in [6.45, 7) is 12.5. The molecule has 2 aromatic carbocycles. The first-order valence-corrected chi connectivity index (χ1v) is 17.1. The molecule has 0 radical (unpaired) electrons. The number of likely N-dealkylation sites (tertiary alicyclic amines) is 1. The van der Waals surface area contributed by atoms with Gasteiger partial charge in [-0.15, -0.1) is 0 Å². The van der Waals surface area contributed by atoms with E-state index in [0.717, 1.165) is 48.4 Å². The fourth-order valence-corrected chi connectivity index (χ4v) is 6.49. The predicted molar refractivity (Wildman–Crippen MR) is 191 cm³/mol. The van der Waals surface area contributed by atoms with Gasteiger partial charge >= 0.3 is 6.03 Å². The number of carbonyl (C=O) groups excluding carboxylic acids is 1. The van der Waals surface area contributed by atoms with Gasteiger partial charge in [0.25, 0.3) is 5.56 Å². The highest BCUT2D eigenvalue weighted by atomic mass is 16.5. The van der Waals surface area contributed by atoms with Crippen molar-refractivity contribution in [2.45, 2.75) is 78.2 Å². The van der Waals surface area contributed by atoms with E-state index in [1.807, 2.05) is 54.6 Å². The molecule has 0 saturated carbocycles. The summed E-state index contributed by atoms with van der Waals surface area (Å²) in [6, 6.07) is 17.0. The standard InChI is InChI=1S/C38H49N5O4/c1-26(2)30-15-9-16-31(27(3)4)34(30)40-38(46)41-35-33(32-17-10-18-39-36(32)43(37(35)45)22-11-23-44)28-13-8-14-29(25-28)47-24-12-21-42-19-6-5-7-20-42/h8-10,13-18,25-27,44H,5-7,11-12,19-24H2,1-4H3,(H2,40,41,46). The van der Waals surface area contributed by atoms with E-state index < -0.39 is 6.03 Å². The number of rotatable bonds is 13. The van der Waals surface area contributed by atoms with E-state index in [-0.39, 0.29) is 36.2 Å². The summed E-state index contributed by atoms with van der Waals surface area (Å²) in [7, 11) is 0. The molecule has 0 bridgehead atoms. The number of urea groups is 1. The van der Waals surface area contributed by atoms with Crippen LogP contribution in [0.3, 0.4) is 0 Å². The number of aliphatic hydroxyl groups excluding tert-OH is 1. The number of hydrogen-bond acceptors (Lipinski definition) is 6. The molecule has 9 nitrogen and oxygen atoms in total. The van der Waals surface area contributed by atoms with E-state index in [2.05, 4.69) is 48.2 Å². The lowest BCUT2D eigenvalue weighted by Gasteiger charge is -2.26. The third kappa shape index (κ3) is 8.21. The van der Waals surface area contributed by atoms with Crippen LogP contribution in [0.4, 0.5) is 16.2 Å². The van der Waals surface area contributed by atoms with Crippen molar-refractivity contribution in [3.63, 3.8) is 0 Å². The number of nitrogens with zero attached hydrogens (tertiary/aromatic N) is 3. The van der Waals surface area contributed by atoms with Crippen molar-refractivity contribution >= 4 is 28.4 Å². The van der Waals surface area contributed by atoms with Crippen molar-refractivity contribution in [3.8, 4) is 16.9 Å². The fraction of sp³-hybridized carbons (Fsp3) is 0.447. The number of aryl methyl sites for hydroxylation is 1. The smallest absolute Gasteiger partial charge is 0.323 e. The van der Waals surface area contributed by atoms with Crippen molar-refractivity contribution in [1.29, 1.82) is 0 Å². The maximum absolute atomic E-state index is 14.2. The molecule has 3 N–H and O–H groups in total. The molecule has 0 spiro atoms. The Labute approximate surface area is 278 Å².